The van der Waals surface area contributed by atoms with Crippen LogP contribution in [0.1, 0.15) is 58.8 Å². The molecule has 0 amide bonds. The van der Waals surface area contributed by atoms with E-state index < -0.39 is 24.1 Å². The van der Waals surface area contributed by atoms with E-state index in [0.29, 0.717) is 13.0 Å². The lowest BCUT2D eigenvalue weighted by Gasteiger charge is -2.05. The van der Waals surface area contributed by atoms with Crippen LogP contribution < -0.4 is 0 Å². The number of hydrogen-bond donors (Lipinski definition) is 4. The molecule has 0 heterocycles. The van der Waals surface area contributed by atoms with Crippen LogP contribution in [0.2, 0.25) is 0 Å². The molecular weight excluding hydrogens is 292 g/mol. The van der Waals surface area contributed by atoms with Crippen LogP contribution in [0.15, 0.2) is 0 Å². The van der Waals surface area contributed by atoms with E-state index in [-0.39, 0.29) is 6.61 Å². The number of aliphatic hydroxyl groups is 3. The Morgan fingerprint density at radius 3 is 2.09 bits per heavy atom. The van der Waals surface area contributed by atoms with Gasteiger partial charge in [0.25, 0.3) is 0 Å². The van der Waals surface area contributed by atoms with Crippen molar-refractivity contribution in [1.29, 1.82) is 0 Å². The standard InChI is InChI=1S/C9H18O4.C6H12O3/c1-8(11)9(12)13-7-5-3-2-4-6-10;1-2-3-4-5(7)6(8)9/h8,10-11H,2-7H2,1H3;5,7H,2-4H2,1H3,(H,8,9)/t;5-/m.0/s1. The number of carbonyl (C=O) groups is 2. The van der Waals surface area contributed by atoms with Gasteiger partial charge in [0.15, 0.2) is 6.10 Å². The zero-order valence-corrected chi connectivity index (χ0v) is 13.5. The fraction of sp³-hybridized carbons (Fsp3) is 0.867. The first-order valence-corrected chi connectivity index (χ1v) is 7.73. The molecule has 0 fully saturated rings. The smallest absolute Gasteiger partial charge is 0.334 e. The summed E-state index contributed by atoms with van der Waals surface area (Å²) in [5, 5.41) is 34.0. The fourth-order valence-corrected chi connectivity index (χ4v) is 1.38. The van der Waals surface area contributed by atoms with E-state index in [9.17, 15) is 9.59 Å². The monoisotopic (exact) mass is 322 g/mol. The first-order valence-electron chi connectivity index (χ1n) is 7.73. The summed E-state index contributed by atoms with van der Waals surface area (Å²) in [6.07, 6.45) is 3.34. The van der Waals surface area contributed by atoms with Gasteiger partial charge in [-0.25, -0.2) is 9.59 Å². The Balaban J connectivity index is 0. The maximum Gasteiger partial charge on any atom is 0.334 e. The molecule has 22 heavy (non-hydrogen) atoms. The molecule has 0 saturated heterocycles. The van der Waals surface area contributed by atoms with Crippen LogP contribution >= 0.6 is 0 Å². The summed E-state index contributed by atoms with van der Waals surface area (Å²) in [6, 6.07) is 0. The van der Waals surface area contributed by atoms with Crippen LogP contribution in [0.25, 0.3) is 0 Å². The Hall–Kier alpha value is -1.18. The maximum absolute atomic E-state index is 10.7. The Labute approximate surface area is 131 Å². The van der Waals surface area contributed by atoms with E-state index in [1.54, 1.807) is 0 Å². The van der Waals surface area contributed by atoms with Gasteiger partial charge in [-0.05, 0) is 32.6 Å². The lowest BCUT2D eigenvalue weighted by molar-refractivity contribution is -0.152. The first kappa shape index (κ1) is 23.1. The van der Waals surface area contributed by atoms with E-state index in [0.717, 1.165) is 38.5 Å². The number of rotatable bonds is 11. The van der Waals surface area contributed by atoms with Crippen LogP contribution in [-0.2, 0) is 14.3 Å². The zero-order chi connectivity index (χ0) is 17.4. The van der Waals surface area contributed by atoms with Crippen molar-refractivity contribution in [3.8, 4) is 0 Å². The lowest BCUT2D eigenvalue weighted by Crippen LogP contribution is -2.19. The van der Waals surface area contributed by atoms with Gasteiger partial charge in [-0.2, -0.15) is 0 Å². The number of hydrogen-bond acceptors (Lipinski definition) is 6. The van der Waals surface area contributed by atoms with Crippen molar-refractivity contribution < 1.29 is 34.8 Å². The van der Waals surface area contributed by atoms with Crippen molar-refractivity contribution in [3.05, 3.63) is 0 Å². The highest BCUT2D eigenvalue weighted by Gasteiger charge is 2.10. The first-order chi connectivity index (χ1) is 10.4. The molecule has 0 bridgehead atoms. The molecule has 132 valence electrons. The van der Waals surface area contributed by atoms with Gasteiger partial charge in [-0.15, -0.1) is 0 Å². The van der Waals surface area contributed by atoms with Gasteiger partial charge in [0, 0.05) is 6.61 Å². The predicted octanol–water partition coefficient (Wildman–Crippen LogP) is 1.09. The molecule has 4 N–H and O–H groups in total. The molecule has 0 spiro atoms. The van der Waals surface area contributed by atoms with Crippen molar-refractivity contribution in [2.45, 2.75) is 71.0 Å². The third-order valence-corrected chi connectivity index (χ3v) is 2.75. The summed E-state index contributed by atoms with van der Waals surface area (Å²) >= 11 is 0. The third-order valence-electron chi connectivity index (χ3n) is 2.75. The highest BCUT2D eigenvalue weighted by Crippen LogP contribution is 2.00. The van der Waals surface area contributed by atoms with Gasteiger partial charge >= 0.3 is 11.9 Å². The van der Waals surface area contributed by atoms with Crippen LogP contribution in [0.4, 0.5) is 0 Å². The molecule has 0 radical (unpaired) electrons. The number of carbonyl (C=O) groups excluding carboxylic acids is 1. The molecule has 0 aromatic heterocycles. The van der Waals surface area contributed by atoms with E-state index >= 15 is 0 Å². The Kier molecular flexibility index (Phi) is 17.0. The largest absolute Gasteiger partial charge is 0.479 e. The van der Waals surface area contributed by atoms with E-state index in [2.05, 4.69) is 0 Å². The molecule has 0 aliphatic carbocycles. The molecule has 7 heteroatoms. The van der Waals surface area contributed by atoms with Crippen LogP contribution in [-0.4, -0.2) is 57.8 Å². The van der Waals surface area contributed by atoms with E-state index in [1.807, 2.05) is 6.92 Å². The summed E-state index contributed by atoms with van der Waals surface area (Å²) in [5.41, 5.74) is 0. The predicted molar refractivity (Wildman–Crippen MR) is 81.4 cm³/mol. The van der Waals surface area contributed by atoms with Crippen molar-refractivity contribution >= 4 is 11.9 Å². The second-order valence-electron chi connectivity index (χ2n) is 4.98. The van der Waals surface area contributed by atoms with Crippen molar-refractivity contribution in [3.63, 3.8) is 0 Å². The highest BCUT2D eigenvalue weighted by molar-refractivity contribution is 5.73. The number of aliphatic carboxylic acids is 1. The van der Waals surface area contributed by atoms with Crippen LogP contribution in [0.3, 0.4) is 0 Å². The van der Waals surface area contributed by atoms with Crippen LogP contribution in [0, 0.1) is 0 Å². The minimum Gasteiger partial charge on any atom is -0.479 e. The van der Waals surface area contributed by atoms with Gasteiger partial charge in [0.2, 0.25) is 0 Å². The molecule has 0 aromatic carbocycles. The van der Waals surface area contributed by atoms with Gasteiger partial charge in [-0.1, -0.05) is 26.2 Å². The zero-order valence-electron chi connectivity index (χ0n) is 13.5. The van der Waals surface area contributed by atoms with Gasteiger partial charge < -0.3 is 25.2 Å². The molecule has 0 aliphatic rings. The second-order valence-corrected chi connectivity index (χ2v) is 4.98. The highest BCUT2D eigenvalue weighted by atomic mass is 16.5. The fourth-order valence-electron chi connectivity index (χ4n) is 1.38. The minimum atomic E-state index is -1.16. The molecule has 0 aromatic rings. The molecule has 1 unspecified atom stereocenters. The SMILES string of the molecule is CC(O)C(=O)OCCCCCCO.CCCC[C@H](O)C(=O)O. The summed E-state index contributed by atoms with van der Waals surface area (Å²) in [7, 11) is 0. The van der Waals surface area contributed by atoms with Gasteiger partial charge in [0.1, 0.15) is 6.10 Å². The average Bonchev–Trinajstić information content (AvgIpc) is 2.48. The van der Waals surface area contributed by atoms with E-state index in [1.165, 1.54) is 6.92 Å². The molecular formula is C15H30O7. The molecule has 0 aliphatic heterocycles. The number of carboxylic acid groups (broad SMARTS) is 1. The quantitative estimate of drug-likeness (QED) is 0.331. The summed E-state index contributed by atoms with van der Waals surface area (Å²) in [6.45, 7) is 3.91. The summed E-state index contributed by atoms with van der Waals surface area (Å²) < 4.78 is 4.73. The summed E-state index contributed by atoms with van der Waals surface area (Å²) in [5.74, 6) is -1.69. The molecule has 0 saturated carbocycles. The molecule has 0 rings (SSSR count). The number of ether oxygens (including phenoxy) is 1. The van der Waals surface area contributed by atoms with Crippen molar-refractivity contribution in [2.24, 2.45) is 0 Å². The average molecular weight is 322 g/mol. The van der Waals surface area contributed by atoms with Gasteiger partial charge in [-0.3, -0.25) is 0 Å². The number of esters is 1. The lowest BCUT2D eigenvalue weighted by atomic mass is 10.2. The Morgan fingerprint density at radius 1 is 1.05 bits per heavy atom. The third kappa shape index (κ3) is 16.9. The topological polar surface area (TPSA) is 124 Å². The Bertz CT molecular complexity index is 279. The Morgan fingerprint density at radius 2 is 1.64 bits per heavy atom. The number of carboxylic acids is 1. The van der Waals surface area contributed by atoms with Crippen molar-refractivity contribution in [1.82, 2.24) is 0 Å². The number of unbranched alkanes of at least 4 members (excludes halogenated alkanes) is 4. The summed E-state index contributed by atoms with van der Waals surface area (Å²) in [4.78, 5) is 20.7. The molecule has 2 atom stereocenters. The van der Waals surface area contributed by atoms with Crippen LogP contribution in [0.5, 0.6) is 0 Å². The second kappa shape index (κ2) is 16.2. The molecule has 7 nitrogen and oxygen atoms in total. The number of aliphatic hydroxyl groups excluding tert-OH is 3. The normalized spacial score (nSPS) is 12.8. The van der Waals surface area contributed by atoms with Gasteiger partial charge in [0.05, 0.1) is 6.61 Å². The maximum atomic E-state index is 10.7. The van der Waals surface area contributed by atoms with E-state index in [4.69, 9.17) is 25.2 Å². The minimum absolute atomic E-state index is 0.216. The van der Waals surface area contributed by atoms with Crippen molar-refractivity contribution in [2.75, 3.05) is 13.2 Å².